The molecule has 1 atom stereocenters. The zero-order chi connectivity index (χ0) is 18.4. The smallest absolute Gasteiger partial charge is 0.289 e. The molecule has 1 unspecified atom stereocenters. The highest BCUT2D eigenvalue weighted by atomic mass is 16.5. The van der Waals surface area contributed by atoms with Gasteiger partial charge in [-0.05, 0) is 37.3 Å². The molecular weight excluding hydrogens is 324 g/mol. The van der Waals surface area contributed by atoms with E-state index in [0.717, 1.165) is 5.56 Å². The van der Waals surface area contributed by atoms with Crippen LogP contribution in [0.15, 0.2) is 41.0 Å². The normalized spacial score (nSPS) is 11.5. The summed E-state index contributed by atoms with van der Waals surface area (Å²) in [5.74, 6) is 0.861. The molecule has 0 aliphatic heterocycles. The molecule has 2 aromatic rings. The molecule has 0 bridgehead atoms. The molecule has 7 nitrogen and oxygen atoms in total. The van der Waals surface area contributed by atoms with E-state index in [9.17, 15) is 9.59 Å². The van der Waals surface area contributed by atoms with Gasteiger partial charge in [0.25, 0.3) is 5.91 Å². The Morgan fingerprint density at radius 2 is 2.00 bits per heavy atom. The number of amides is 2. The van der Waals surface area contributed by atoms with E-state index in [0.29, 0.717) is 11.5 Å². The van der Waals surface area contributed by atoms with Crippen molar-refractivity contribution >= 4 is 11.8 Å². The Labute approximate surface area is 146 Å². The maximum absolute atomic E-state index is 12.3. The molecule has 0 saturated carbocycles. The molecule has 7 heteroatoms. The molecule has 2 rings (SSSR count). The summed E-state index contributed by atoms with van der Waals surface area (Å²) in [5.41, 5.74) is 0.787. The predicted molar refractivity (Wildman–Crippen MR) is 91.8 cm³/mol. The van der Waals surface area contributed by atoms with Crippen molar-refractivity contribution in [1.29, 1.82) is 0 Å². The minimum Gasteiger partial charge on any atom is -0.497 e. The van der Waals surface area contributed by atoms with Crippen molar-refractivity contribution in [2.24, 2.45) is 0 Å². The Bertz CT molecular complexity index is 727. The molecular formula is C18H22N2O5. The average molecular weight is 346 g/mol. The molecule has 1 N–H and O–H groups in total. The van der Waals surface area contributed by atoms with E-state index >= 15 is 0 Å². The first-order valence-electron chi connectivity index (χ1n) is 7.76. The van der Waals surface area contributed by atoms with Crippen molar-refractivity contribution in [1.82, 2.24) is 10.2 Å². The van der Waals surface area contributed by atoms with Gasteiger partial charge in [0.1, 0.15) is 11.5 Å². The van der Waals surface area contributed by atoms with E-state index in [1.807, 2.05) is 13.0 Å². The number of ether oxygens (including phenoxy) is 2. The van der Waals surface area contributed by atoms with Crippen LogP contribution in [0.25, 0.3) is 0 Å². The van der Waals surface area contributed by atoms with Gasteiger partial charge in [0.05, 0.1) is 33.1 Å². The molecule has 1 heterocycles. The second-order valence-electron chi connectivity index (χ2n) is 5.54. The number of benzene rings is 1. The zero-order valence-corrected chi connectivity index (χ0v) is 14.7. The van der Waals surface area contributed by atoms with Gasteiger partial charge in [-0.25, -0.2) is 0 Å². The number of rotatable bonds is 7. The van der Waals surface area contributed by atoms with Crippen LogP contribution in [0.3, 0.4) is 0 Å². The number of nitrogens with one attached hydrogen (secondary N) is 1. The Balaban J connectivity index is 2.01. The molecule has 0 saturated heterocycles. The highest BCUT2D eigenvalue weighted by Crippen LogP contribution is 2.29. The molecule has 0 spiro atoms. The predicted octanol–water partition coefficient (Wildman–Crippen LogP) is 2.25. The Morgan fingerprint density at radius 1 is 1.24 bits per heavy atom. The maximum Gasteiger partial charge on any atom is 0.289 e. The van der Waals surface area contributed by atoms with Gasteiger partial charge in [0.15, 0.2) is 5.76 Å². The SMILES string of the molecule is COc1ccc(OC)c(C(C)NC(=O)CN(C)C(=O)c2ccco2)c1. The lowest BCUT2D eigenvalue weighted by Gasteiger charge is -2.20. The van der Waals surface area contributed by atoms with Crippen LogP contribution in [-0.2, 0) is 4.79 Å². The third kappa shape index (κ3) is 4.53. The number of likely N-dealkylation sites (N-methyl/N-ethyl adjacent to an activating group) is 1. The van der Waals surface area contributed by atoms with Crippen LogP contribution in [-0.4, -0.2) is 44.5 Å². The quantitative estimate of drug-likeness (QED) is 0.832. The van der Waals surface area contributed by atoms with E-state index in [1.165, 1.54) is 11.2 Å². The highest BCUT2D eigenvalue weighted by molar-refractivity contribution is 5.94. The van der Waals surface area contributed by atoms with Crippen molar-refractivity contribution < 1.29 is 23.5 Å². The monoisotopic (exact) mass is 346 g/mol. The highest BCUT2D eigenvalue weighted by Gasteiger charge is 2.20. The molecule has 0 fully saturated rings. The summed E-state index contributed by atoms with van der Waals surface area (Å²) >= 11 is 0. The fourth-order valence-corrected chi connectivity index (χ4v) is 2.42. The molecule has 2 amide bonds. The molecule has 0 radical (unpaired) electrons. The number of nitrogens with zero attached hydrogens (tertiary/aromatic N) is 1. The van der Waals surface area contributed by atoms with Crippen LogP contribution in [0.4, 0.5) is 0 Å². The summed E-state index contributed by atoms with van der Waals surface area (Å²) in [5, 5.41) is 2.85. The summed E-state index contributed by atoms with van der Waals surface area (Å²) in [6.07, 6.45) is 1.41. The standard InChI is InChI=1S/C18H22N2O5/c1-12(14-10-13(23-3)7-8-15(14)24-4)19-17(21)11-20(2)18(22)16-6-5-9-25-16/h5-10,12H,11H2,1-4H3,(H,19,21). The number of carbonyl (C=O) groups excluding carboxylic acids is 2. The van der Waals surface area contributed by atoms with E-state index in [2.05, 4.69) is 5.32 Å². The number of hydrogen-bond acceptors (Lipinski definition) is 5. The fraction of sp³-hybridized carbons (Fsp3) is 0.333. The molecule has 134 valence electrons. The van der Waals surface area contributed by atoms with Gasteiger partial charge in [0, 0.05) is 12.6 Å². The van der Waals surface area contributed by atoms with E-state index in [4.69, 9.17) is 13.9 Å². The fourth-order valence-electron chi connectivity index (χ4n) is 2.42. The van der Waals surface area contributed by atoms with Gasteiger partial charge in [-0.15, -0.1) is 0 Å². The number of carbonyl (C=O) groups is 2. The lowest BCUT2D eigenvalue weighted by atomic mass is 10.1. The number of furan rings is 1. The van der Waals surface area contributed by atoms with E-state index in [-0.39, 0.29) is 30.2 Å². The van der Waals surface area contributed by atoms with Crippen molar-refractivity contribution in [2.75, 3.05) is 27.8 Å². The Morgan fingerprint density at radius 3 is 2.60 bits per heavy atom. The first-order chi connectivity index (χ1) is 12.0. The zero-order valence-electron chi connectivity index (χ0n) is 14.7. The largest absolute Gasteiger partial charge is 0.497 e. The summed E-state index contributed by atoms with van der Waals surface area (Å²) in [6, 6.07) is 8.24. The average Bonchev–Trinajstić information content (AvgIpc) is 3.14. The van der Waals surface area contributed by atoms with Crippen molar-refractivity contribution in [3.63, 3.8) is 0 Å². The summed E-state index contributed by atoms with van der Waals surface area (Å²) in [6.45, 7) is 1.75. The van der Waals surface area contributed by atoms with E-state index < -0.39 is 0 Å². The van der Waals surface area contributed by atoms with Crippen molar-refractivity contribution in [3.8, 4) is 11.5 Å². The third-order valence-electron chi connectivity index (χ3n) is 3.74. The molecule has 25 heavy (non-hydrogen) atoms. The number of methoxy groups -OCH3 is 2. The van der Waals surface area contributed by atoms with Gasteiger partial charge >= 0.3 is 0 Å². The lowest BCUT2D eigenvalue weighted by Crippen LogP contribution is -2.39. The van der Waals surface area contributed by atoms with Gasteiger partial charge in [-0.1, -0.05) is 0 Å². The summed E-state index contributed by atoms with van der Waals surface area (Å²) < 4.78 is 15.6. The summed E-state index contributed by atoms with van der Waals surface area (Å²) in [7, 11) is 4.68. The van der Waals surface area contributed by atoms with Gasteiger partial charge in [-0.3, -0.25) is 9.59 Å². The van der Waals surface area contributed by atoms with E-state index in [1.54, 1.807) is 45.5 Å². The van der Waals surface area contributed by atoms with Crippen LogP contribution < -0.4 is 14.8 Å². The third-order valence-corrected chi connectivity index (χ3v) is 3.74. The topological polar surface area (TPSA) is 81.0 Å². The Hall–Kier alpha value is -2.96. The van der Waals surface area contributed by atoms with Crippen molar-refractivity contribution in [3.05, 3.63) is 47.9 Å². The minimum atomic E-state index is -0.355. The summed E-state index contributed by atoms with van der Waals surface area (Å²) in [4.78, 5) is 25.6. The second kappa shape index (κ2) is 8.23. The van der Waals surface area contributed by atoms with Crippen LogP contribution in [0.1, 0.15) is 29.1 Å². The molecule has 1 aromatic heterocycles. The van der Waals surface area contributed by atoms with Gasteiger partial charge in [-0.2, -0.15) is 0 Å². The first-order valence-corrected chi connectivity index (χ1v) is 7.76. The molecule has 1 aromatic carbocycles. The second-order valence-corrected chi connectivity index (χ2v) is 5.54. The van der Waals surface area contributed by atoms with Gasteiger partial charge < -0.3 is 24.1 Å². The van der Waals surface area contributed by atoms with Crippen LogP contribution in [0.2, 0.25) is 0 Å². The van der Waals surface area contributed by atoms with Crippen molar-refractivity contribution in [2.45, 2.75) is 13.0 Å². The minimum absolute atomic E-state index is 0.0871. The van der Waals surface area contributed by atoms with Crippen LogP contribution in [0.5, 0.6) is 11.5 Å². The maximum atomic E-state index is 12.3. The number of hydrogen-bond donors (Lipinski definition) is 1. The first kappa shape index (κ1) is 18.4. The lowest BCUT2D eigenvalue weighted by molar-refractivity contribution is -0.122. The van der Waals surface area contributed by atoms with Gasteiger partial charge in [0.2, 0.25) is 5.91 Å². The van der Waals surface area contributed by atoms with Crippen LogP contribution in [0, 0.1) is 0 Å². The Kier molecular flexibility index (Phi) is 6.05. The molecule has 0 aliphatic rings. The molecule has 0 aliphatic carbocycles. The van der Waals surface area contributed by atoms with Crippen LogP contribution >= 0.6 is 0 Å².